The van der Waals surface area contributed by atoms with Gasteiger partial charge in [-0.2, -0.15) is 0 Å². The summed E-state index contributed by atoms with van der Waals surface area (Å²) in [6.45, 7) is 6.47. The molecule has 2 radical (unpaired) electrons. The van der Waals surface area contributed by atoms with Gasteiger partial charge in [0.05, 0.1) is 11.4 Å². The van der Waals surface area contributed by atoms with E-state index in [1.165, 1.54) is 21.2 Å². The normalized spacial score (nSPS) is 14.3. The maximum Gasteiger partial charge on any atom is 0.113 e. The van der Waals surface area contributed by atoms with Gasteiger partial charge in [0.2, 0.25) is 0 Å². The second-order valence-corrected chi connectivity index (χ2v) is 6.98. The van der Waals surface area contributed by atoms with Crippen molar-refractivity contribution in [1.29, 1.82) is 0 Å². The van der Waals surface area contributed by atoms with E-state index in [1.807, 2.05) is 17.8 Å². The molecule has 2 aromatic rings. The summed E-state index contributed by atoms with van der Waals surface area (Å²) < 4.78 is 0. The van der Waals surface area contributed by atoms with Crippen molar-refractivity contribution in [3.63, 3.8) is 0 Å². The fourth-order valence-corrected chi connectivity index (χ4v) is 4.26. The third kappa shape index (κ3) is 3.59. The second kappa shape index (κ2) is 7.46. The number of benzene rings is 2. The van der Waals surface area contributed by atoms with Crippen molar-refractivity contribution in [3.05, 3.63) is 42.5 Å². The molecule has 0 bridgehead atoms. The fourth-order valence-electron chi connectivity index (χ4n) is 3.12. The van der Waals surface area contributed by atoms with Crippen molar-refractivity contribution in [2.24, 2.45) is 0 Å². The van der Waals surface area contributed by atoms with Crippen molar-refractivity contribution in [2.75, 3.05) is 18.0 Å². The first kappa shape index (κ1) is 16.5. The molecule has 1 N–H and O–H groups in total. The van der Waals surface area contributed by atoms with Crippen LogP contribution in [0, 0.1) is 0 Å². The van der Waals surface area contributed by atoms with E-state index in [9.17, 15) is 0 Å². The van der Waals surface area contributed by atoms with Gasteiger partial charge in [-0.15, -0.1) is 0 Å². The third-order valence-electron chi connectivity index (χ3n) is 4.34. The highest BCUT2D eigenvalue weighted by Gasteiger charge is 2.23. The highest BCUT2D eigenvalue weighted by atomic mass is 32.2. The molecule has 1 unspecified atom stereocenters. The maximum atomic E-state index is 5.99. The molecular formula is C19H23BN2S. The van der Waals surface area contributed by atoms with E-state index < -0.39 is 0 Å². The molecule has 23 heavy (non-hydrogen) atoms. The van der Waals surface area contributed by atoms with Crippen LogP contribution < -0.4 is 15.7 Å². The Labute approximate surface area is 145 Å². The number of para-hydroxylation sites is 1. The molecule has 2 nitrogen and oxygen atoms in total. The van der Waals surface area contributed by atoms with Crippen LogP contribution in [0.1, 0.15) is 26.7 Å². The van der Waals surface area contributed by atoms with Crippen molar-refractivity contribution in [3.8, 4) is 0 Å². The second-order valence-electron chi connectivity index (χ2n) is 5.90. The van der Waals surface area contributed by atoms with Crippen molar-refractivity contribution < 1.29 is 0 Å². The topological polar surface area (TPSA) is 15.3 Å². The summed E-state index contributed by atoms with van der Waals surface area (Å²) in [6, 6.07) is 15.5. The average Bonchev–Trinajstić information content (AvgIpc) is 2.57. The molecule has 1 heterocycles. The summed E-state index contributed by atoms with van der Waals surface area (Å²) >= 11 is 1.81. The van der Waals surface area contributed by atoms with Crippen LogP contribution >= 0.6 is 11.8 Å². The highest BCUT2D eigenvalue weighted by molar-refractivity contribution is 7.99. The van der Waals surface area contributed by atoms with Crippen LogP contribution in [0.5, 0.6) is 0 Å². The van der Waals surface area contributed by atoms with E-state index in [2.05, 4.69) is 60.5 Å². The third-order valence-corrected chi connectivity index (χ3v) is 5.45. The van der Waals surface area contributed by atoms with E-state index in [0.29, 0.717) is 6.04 Å². The Balaban J connectivity index is 1.89. The maximum absolute atomic E-state index is 5.99. The van der Waals surface area contributed by atoms with Gasteiger partial charge in [-0.3, -0.25) is 0 Å². The molecule has 1 aliphatic rings. The van der Waals surface area contributed by atoms with E-state index in [0.717, 1.165) is 31.4 Å². The molecule has 0 fully saturated rings. The standard InChI is InChI=1S/C19H23BN2S/c1-3-15(21-4-2)11-12-22-16-7-5-6-8-18(16)23-19-13-14(20)9-10-17(19)22/h5-10,13,15,21H,3-4,11-12H2,1-2H3. The van der Waals surface area contributed by atoms with Gasteiger partial charge in [0.25, 0.3) is 0 Å². The molecule has 118 valence electrons. The molecule has 0 amide bonds. The lowest BCUT2D eigenvalue weighted by molar-refractivity contribution is 0.484. The number of nitrogens with one attached hydrogen (secondary N) is 1. The zero-order chi connectivity index (χ0) is 16.2. The van der Waals surface area contributed by atoms with Crippen LogP contribution in [0.3, 0.4) is 0 Å². The molecule has 0 spiro atoms. The zero-order valence-corrected chi connectivity index (χ0v) is 14.7. The summed E-state index contributed by atoms with van der Waals surface area (Å²) in [5.74, 6) is 0. The minimum absolute atomic E-state index is 0.568. The average molecular weight is 322 g/mol. The summed E-state index contributed by atoms with van der Waals surface area (Å²) in [6.07, 6.45) is 2.29. The van der Waals surface area contributed by atoms with E-state index in [1.54, 1.807) is 0 Å². The summed E-state index contributed by atoms with van der Waals surface area (Å²) in [4.78, 5) is 5.00. The molecule has 0 saturated heterocycles. The molecule has 0 saturated carbocycles. The van der Waals surface area contributed by atoms with Gasteiger partial charge in [0.1, 0.15) is 7.85 Å². The monoisotopic (exact) mass is 322 g/mol. The van der Waals surface area contributed by atoms with Gasteiger partial charge in [0, 0.05) is 22.4 Å². The fraction of sp³-hybridized carbons (Fsp3) is 0.368. The minimum atomic E-state index is 0.568. The van der Waals surface area contributed by atoms with Gasteiger partial charge in [-0.25, -0.2) is 0 Å². The zero-order valence-electron chi connectivity index (χ0n) is 13.9. The Kier molecular flexibility index (Phi) is 5.34. The van der Waals surface area contributed by atoms with E-state index in [-0.39, 0.29) is 0 Å². The molecule has 0 aliphatic carbocycles. The van der Waals surface area contributed by atoms with E-state index in [4.69, 9.17) is 7.85 Å². The lowest BCUT2D eigenvalue weighted by atomic mass is 9.96. The lowest BCUT2D eigenvalue weighted by Crippen LogP contribution is -2.33. The van der Waals surface area contributed by atoms with Crippen LogP contribution in [0.4, 0.5) is 11.4 Å². The molecule has 3 rings (SSSR count). The highest BCUT2D eigenvalue weighted by Crippen LogP contribution is 2.47. The van der Waals surface area contributed by atoms with Crippen LogP contribution in [-0.4, -0.2) is 27.0 Å². The van der Waals surface area contributed by atoms with Gasteiger partial charge >= 0.3 is 0 Å². The number of fused-ring (bicyclic) bond motifs is 2. The Hall–Kier alpha value is -1.39. The Morgan fingerprint density at radius 1 is 1.09 bits per heavy atom. The molecule has 1 aliphatic heterocycles. The first-order valence-corrected chi connectivity index (χ1v) is 9.22. The minimum Gasteiger partial charge on any atom is -0.340 e. The SMILES string of the molecule is [B]c1ccc2c(c1)Sc1ccccc1N2CCC(CC)NCC. The molecule has 1 atom stereocenters. The van der Waals surface area contributed by atoms with Crippen LogP contribution in [-0.2, 0) is 0 Å². The first-order valence-electron chi connectivity index (χ1n) is 8.40. The number of rotatable bonds is 6. The summed E-state index contributed by atoms with van der Waals surface area (Å²) in [5, 5.41) is 3.58. The molecule has 2 aromatic carbocycles. The van der Waals surface area contributed by atoms with Crippen molar-refractivity contribution in [2.45, 2.75) is 42.5 Å². The number of nitrogens with zero attached hydrogens (tertiary/aromatic N) is 1. The molecule has 0 aromatic heterocycles. The lowest BCUT2D eigenvalue weighted by Gasteiger charge is -2.34. The van der Waals surface area contributed by atoms with Crippen LogP contribution in [0.25, 0.3) is 0 Å². The molecular weight excluding hydrogens is 299 g/mol. The molecule has 4 heteroatoms. The van der Waals surface area contributed by atoms with Gasteiger partial charge < -0.3 is 10.2 Å². The van der Waals surface area contributed by atoms with Crippen LogP contribution in [0.15, 0.2) is 52.3 Å². The predicted octanol–water partition coefficient (Wildman–Crippen LogP) is 3.86. The van der Waals surface area contributed by atoms with Gasteiger partial charge in [-0.1, -0.05) is 55.3 Å². The first-order chi connectivity index (χ1) is 11.2. The quantitative estimate of drug-likeness (QED) is 0.813. The van der Waals surface area contributed by atoms with E-state index >= 15 is 0 Å². The van der Waals surface area contributed by atoms with Crippen molar-refractivity contribution in [1.82, 2.24) is 5.32 Å². The largest absolute Gasteiger partial charge is 0.340 e. The smallest absolute Gasteiger partial charge is 0.113 e. The van der Waals surface area contributed by atoms with Gasteiger partial charge in [0.15, 0.2) is 0 Å². The van der Waals surface area contributed by atoms with Gasteiger partial charge in [-0.05, 0) is 37.6 Å². The number of anilines is 2. The number of hydrogen-bond donors (Lipinski definition) is 1. The van der Waals surface area contributed by atoms with Crippen LogP contribution in [0.2, 0.25) is 0 Å². The summed E-state index contributed by atoms with van der Waals surface area (Å²) in [5.41, 5.74) is 3.41. The van der Waals surface area contributed by atoms with Crippen molar-refractivity contribution >= 4 is 36.4 Å². The Morgan fingerprint density at radius 3 is 2.65 bits per heavy atom. The number of hydrogen-bond acceptors (Lipinski definition) is 3. The Bertz CT molecular complexity index is 674. The summed E-state index contributed by atoms with van der Waals surface area (Å²) in [7, 11) is 5.99. The predicted molar refractivity (Wildman–Crippen MR) is 102 cm³/mol. The Morgan fingerprint density at radius 2 is 1.87 bits per heavy atom.